The lowest BCUT2D eigenvalue weighted by molar-refractivity contribution is -0.172. The van der Waals surface area contributed by atoms with E-state index in [1.165, 1.54) is 18.5 Å². The van der Waals surface area contributed by atoms with Crippen molar-refractivity contribution < 1.29 is 19.2 Å². The quantitative estimate of drug-likeness (QED) is 0.736. The van der Waals surface area contributed by atoms with Crippen LogP contribution < -0.4 is 0 Å². The zero-order valence-corrected chi connectivity index (χ0v) is 11.2. The minimum absolute atomic E-state index is 0.0520. The van der Waals surface area contributed by atoms with Gasteiger partial charge in [0, 0.05) is 18.4 Å². The molecule has 0 saturated carbocycles. The predicted molar refractivity (Wildman–Crippen MR) is 69.6 cm³/mol. The van der Waals surface area contributed by atoms with Crippen LogP contribution in [-0.4, -0.2) is 43.2 Å². The van der Waals surface area contributed by atoms with Crippen LogP contribution >= 0.6 is 0 Å². The molecule has 1 aromatic heterocycles. The largest absolute Gasteiger partial charge is 0.363 e. The Balaban J connectivity index is 1.74. The molecule has 0 radical (unpaired) electrons. The molecule has 110 valence electrons. The number of carbonyl (C=O) groups is 3. The van der Waals surface area contributed by atoms with Gasteiger partial charge in [-0.25, -0.2) is 4.79 Å². The van der Waals surface area contributed by atoms with Crippen molar-refractivity contribution in [3.8, 4) is 11.4 Å². The van der Waals surface area contributed by atoms with Crippen molar-refractivity contribution in [3.63, 3.8) is 0 Å². The molecule has 22 heavy (non-hydrogen) atoms. The van der Waals surface area contributed by atoms with Crippen LogP contribution in [0.25, 0.3) is 11.4 Å². The van der Waals surface area contributed by atoms with E-state index in [1.807, 2.05) is 0 Å². The van der Waals surface area contributed by atoms with Gasteiger partial charge in [-0.3, -0.25) is 9.59 Å². The van der Waals surface area contributed by atoms with Crippen molar-refractivity contribution in [2.75, 3.05) is 0 Å². The first-order chi connectivity index (χ1) is 10.6. The number of amides is 2. The van der Waals surface area contributed by atoms with Crippen LogP contribution in [-0.2, 0) is 14.4 Å². The smallest absolute Gasteiger partial charge is 0.325 e. The number of rotatable bonds is 3. The van der Waals surface area contributed by atoms with Crippen molar-refractivity contribution >= 4 is 17.8 Å². The van der Waals surface area contributed by atoms with E-state index in [4.69, 9.17) is 4.84 Å². The van der Waals surface area contributed by atoms with Gasteiger partial charge in [0.1, 0.15) is 0 Å². The Hall–Kier alpha value is -3.23. The van der Waals surface area contributed by atoms with E-state index in [0.29, 0.717) is 16.5 Å². The number of aromatic nitrogens is 4. The third kappa shape index (κ3) is 2.64. The molecular formula is C13H9N5O4. The highest BCUT2D eigenvalue weighted by atomic mass is 16.7. The van der Waals surface area contributed by atoms with Crippen molar-refractivity contribution in [2.24, 2.45) is 0 Å². The van der Waals surface area contributed by atoms with E-state index >= 15 is 0 Å². The Morgan fingerprint density at radius 3 is 2.18 bits per heavy atom. The molecule has 1 aliphatic rings. The van der Waals surface area contributed by atoms with Crippen molar-refractivity contribution in [2.45, 2.75) is 12.8 Å². The van der Waals surface area contributed by atoms with Gasteiger partial charge < -0.3 is 4.84 Å². The van der Waals surface area contributed by atoms with E-state index < -0.39 is 17.8 Å². The van der Waals surface area contributed by atoms with Gasteiger partial charge in [-0.1, -0.05) is 12.1 Å². The van der Waals surface area contributed by atoms with Crippen LogP contribution in [0.15, 0.2) is 30.6 Å². The zero-order valence-electron chi connectivity index (χ0n) is 11.2. The molecule has 0 spiro atoms. The number of benzene rings is 1. The Bertz CT molecular complexity index is 716. The molecule has 0 atom stereocenters. The Kier molecular flexibility index (Phi) is 3.52. The molecule has 2 amide bonds. The maximum absolute atomic E-state index is 11.9. The van der Waals surface area contributed by atoms with Crippen LogP contribution in [0.3, 0.4) is 0 Å². The third-order valence-corrected chi connectivity index (χ3v) is 2.97. The van der Waals surface area contributed by atoms with Crippen LogP contribution in [0, 0.1) is 0 Å². The van der Waals surface area contributed by atoms with E-state index in [2.05, 4.69) is 20.4 Å². The molecule has 9 nitrogen and oxygen atoms in total. The lowest BCUT2D eigenvalue weighted by Crippen LogP contribution is -2.32. The third-order valence-electron chi connectivity index (χ3n) is 2.97. The highest BCUT2D eigenvalue weighted by Crippen LogP contribution is 2.17. The summed E-state index contributed by atoms with van der Waals surface area (Å²) < 4.78 is 0. The second kappa shape index (κ2) is 5.64. The topological polar surface area (TPSA) is 115 Å². The molecule has 1 aromatic carbocycles. The summed E-state index contributed by atoms with van der Waals surface area (Å²) in [5.74, 6) is -1.53. The lowest BCUT2D eigenvalue weighted by atomic mass is 10.1. The van der Waals surface area contributed by atoms with E-state index in [1.54, 1.807) is 12.1 Å². The molecule has 1 saturated heterocycles. The fraction of sp³-hybridized carbons (Fsp3) is 0.154. The molecule has 9 heteroatoms. The predicted octanol–water partition coefficient (Wildman–Crippen LogP) is 0.154. The maximum atomic E-state index is 11.9. The summed E-state index contributed by atoms with van der Waals surface area (Å²) in [7, 11) is 0. The minimum atomic E-state index is -0.791. The molecule has 3 rings (SSSR count). The van der Waals surface area contributed by atoms with Crippen molar-refractivity contribution in [1.82, 2.24) is 25.5 Å². The number of nitrogens with zero attached hydrogens (tertiary/aromatic N) is 5. The summed E-state index contributed by atoms with van der Waals surface area (Å²) in [6.45, 7) is 0. The van der Waals surface area contributed by atoms with Crippen LogP contribution in [0.4, 0.5) is 0 Å². The summed E-state index contributed by atoms with van der Waals surface area (Å²) in [6.07, 6.45) is 1.31. The summed E-state index contributed by atoms with van der Waals surface area (Å²) in [5, 5.41) is 15.3. The van der Waals surface area contributed by atoms with Crippen LogP contribution in [0.1, 0.15) is 23.2 Å². The van der Waals surface area contributed by atoms with Gasteiger partial charge >= 0.3 is 5.97 Å². The van der Waals surface area contributed by atoms with E-state index in [9.17, 15) is 14.4 Å². The number of hydrogen-bond donors (Lipinski definition) is 0. The molecule has 2 aromatic rings. The minimum Gasteiger partial charge on any atom is -0.325 e. The average molecular weight is 299 g/mol. The molecule has 0 N–H and O–H groups in total. The number of hydroxylamine groups is 2. The van der Waals surface area contributed by atoms with E-state index in [-0.39, 0.29) is 18.4 Å². The Morgan fingerprint density at radius 2 is 1.59 bits per heavy atom. The molecule has 0 bridgehead atoms. The van der Waals surface area contributed by atoms with Crippen molar-refractivity contribution in [1.29, 1.82) is 0 Å². The van der Waals surface area contributed by atoms with Gasteiger partial charge in [-0.05, 0) is 12.1 Å². The monoisotopic (exact) mass is 299 g/mol. The normalized spacial score (nSPS) is 14.3. The second-order valence-electron chi connectivity index (χ2n) is 4.41. The molecular weight excluding hydrogens is 290 g/mol. The van der Waals surface area contributed by atoms with Crippen LogP contribution in [0.2, 0.25) is 0 Å². The van der Waals surface area contributed by atoms with Gasteiger partial charge in [-0.15, -0.1) is 25.5 Å². The average Bonchev–Trinajstić information content (AvgIpc) is 2.88. The number of hydrogen-bond acceptors (Lipinski definition) is 8. The van der Waals surface area contributed by atoms with Gasteiger partial charge in [0.2, 0.25) is 5.82 Å². The molecule has 0 aliphatic carbocycles. The fourth-order valence-electron chi connectivity index (χ4n) is 1.87. The summed E-state index contributed by atoms with van der Waals surface area (Å²) in [5.41, 5.74) is 0.804. The van der Waals surface area contributed by atoms with Crippen molar-refractivity contribution in [3.05, 3.63) is 36.2 Å². The zero-order chi connectivity index (χ0) is 15.5. The standard InChI is InChI=1S/C13H9N5O4/c19-10-5-6-11(20)18(10)22-13(21)9-3-1-8(2-4-9)12-16-14-7-15-17-12/h1-4,7H,5-6H2. The number of carbonyl (C=O) groups excluding carboxylic acids is 3. The number of imide groups is 1. The fourth-order valence-corrected chi connectivity index (χ4v) is 1.87. The first kappa shape index (κ1) is 13.7. The van der Waals surface area contributed by atoms with Gasteiger partial charge in [0.15, 0.2) is 6.33 Å². The summed E-state index contributed by atoms with van der Waals surface area (Å²) in [4.78, 5) is 39.5. The first-order valence-electron chi connectivity index (χ1n) is 6.34. The van der Waals surface area contributed by atoms with Crippen LogP contribution in [0.5, 0.6) is 0 Å². The lowest BCUT2D eigenvalue weighted by Gasteiger charge is -2.12. The molecule has 1 fully saturated rings. The summed E-state index contributed by atoms with van der Waals surface area (Å²) >= 11 is 0. The van der Waals surface area contributed by atoms with E-state index in [0.717, 1.165) is 0 Å². The van der Waals surface area contributed by atoms with Gasteiger partial charge in [0.25, 0.3) is 11.8 Å². The highest BCUT2D eigenvalue weighted by molar-refractivity contribution is 6.02. The van der Waals surface area contributed by atoms with Gasteiger partial charge in [-0.2, -0.15) is 0 Å². The molecule has 1 aliphatic heterocycles. The highest BCUT2D eigenvalue weighted by Gasteiger charge is 2.33. The maximum Gasteiger partial charge on any atom is 0.363 e. The van der Waals surface area contributed by atoms with Gasteiger partial charge in [0.05, 0.1) is 5.56 Å². The summed E-state index contributed by atoms with van der Waals surface area (Å²) in [6, 6.07) is 6.12. The molecule has 2 heterocycles. The molecule has 0 unspecified atom stereocenters. The second-order valence-corrected chi connectivity index (χ2v) is 4.41. The Morgan fingerprint density at radius 1 is 1.00 bits per heavy atom. The Labute approximate surface area is 123 Å². The SMILES string of the molecule is O=C(ON1C(=O)CCC1=O)c1ccc(-c2nncnn2)cc1. The first-order valence-corrected chi connectivity index (χ1v) is 6.34.